The van der Waals surface area contributed by atoms with Crippen LogP contribution in [-0.2, 0) is 11.3 Å². The summed E-state index contributed by atoms with van der Waals surface area (Å²) in [6, 6.07) is 5.25. The molecule has 0 bridgehead atoms. The molecule has 1 N–H and O–H groups in total. The lowest BCUT2D eigenvalue weighted by Crippen LogP contribution is -2.28. The SMILES string of the molecule is CCC1OCCC1CNCc1cc(C)ccc1F. The number of nitrogens with one attached hydrogen (secondary N) is 1. The van der Waals surface area contributed by atoms with Gasteiger partial charge in [-0.05, 0) is 31.7 Å². The van der Waals surface area contributed by atoms with Crippen molar-refractivity contribution >= 4 is 0 Å². The van der Waals surface area contributed by atoms with Crippen molar-refractivity contribution in [3.8, 4) is 0 Å². The molecule has 1 aliphatic heterocycles. The minimum absolute atomic E-state index is 0.122. The van der Waals surface area contributed by atoms with Crippen LogP contribution in [0.1, 0.15) is 30.9 Å². The van der Waals surface area contributed by atoms with Crippen molar-refractivity contribution in [2.24, 2.45) is 5.92 Å². The number of hydrogen-bond donors (Lipinski definition) is 1. The summed E-state index contributed by atoms with van der Waals surface area (Å²) < 4.78 is 19.2. The Morgan fingerprint density at radius 2 is 2.28 bits per heavy atom. The molecule has 18 heavy (non-hydrogen) atoms. The lowest BCUT2D eigenvalue weighted by Gasteiger charge is -2.17. The Morgan fingerprint density at radius 1 is 1.44 bits per heavy atom. The highest BCUT2D eigenvalue weighted by Crippen LogP contribution is 2.22. The summed E-state index contributed by atoms with van der Waals surface area (Å²) in [5, 5.41) is 3.36. The van der Waals surface area contributed by atoms with E-state index in [0.717, 1.165) is 37.1 Å². The van der Waals surface area contributed by atoms with Crippen LogP contribution in [0.25, 0.3) is 0 Å². The average Bonchev–Trinajstić information content (AvgIpc) is 2.81. The summed E-state index contributed by atoms with van der Waals surface area (Å²) >= 11 is 0. The fourth-order valence-corrected chi connectivity index (χ4v) is 2.61. The smallest absolute Gasteiger partial charge is 0.127 e. The Hall–Kier alpha value is -0.930. The first-order valence-corrected chi connectivity index (χ1v) is 6.78. The van der Waals surface area contributed by atoms with Gasteiger partial charge in [0.2, 0.25) is 0 Å². The number of benzene rings is 1. The monoisotopic (exact) mass is 251 g/mol. The Kier molecular flexibility index (Phi) is 4.72. The Morgan fingerprint density at radius 3 is 3.06 bits per heavy atom. The van der Waals surface area contributed by atoms with Crippen LogP contribution in [0, 0.1) is 18.7 Å². The van der Waals surface area contributed by atoms with Crippen LogP contribution in [0.5, 0.6) is 0 Å². The van der Waals surface area contributed by atoms with Gasteiger partial charge in [0.25, 0.3) is 0 Å². The van der Waals surface area contributed by atoms with Gasteiger partial charge in [-0.3, -0.25) is 0 Å². The number of hydrogen-bond acceptors (Lipinski definition) is 2. The van der Waals surface area contributed by atoms with E-state index in [1.54, 1.807) is 12.1 Å². The second kappa shape index (κ2) is 6.30. The van der Waals surface area contributed by atoms with Gasteiger partial charge in [0, 0.05) is 25.3 Å². The number of halogens is 1. The van der Waals surface area contributed by atoms with Gasteiger partial charge in [0.05, 0.1) is 6.10 Å². The maximum atomic E-state index is 13.5. The lowest BCUT2D eigenvalue weighted by atomic mass is 9.99. The van der Waals surface area contributed by atoms with E-state index in [1.807, 2.05) is 13.0 Å². The Labute approximate surface area is 109 Å². The van der Waals surface area contributed by atoms with Crippen molar-refractivity contribution in [3.63, 3.8) is 0 Å². The van der Waals surface area contributed by atoms with Gasteiger partial charge in [-0.25, -0.2) is 4.39 Å². The highest BCUT2D eigenvalue weighted by atomic mass is 19.1. The molecule has 100 valence electrons. The molecule has 0 aromatic heterocycles. The molecular weight excluding hydrogens is 229 g/mol. The van der Waals surface area contributed by atoms with E-state index < -0.39 is 0 Å². The third-order valence-electron chi connectivity index (χ3n) is 3.67. The van der Waals surface area contributed by atoms with Crippen LogP contribution in [-0.4, -0.2) is 19.3 Å². The zero-order valence-corrected chi connectivity index (χ0v) is 11.2. The highest BCUT2D eigenvalue weighted by molar-refractivity contribution is 5.23. The number of aryl methyl sites for hydroxylation is 1. The molecular formula is C15H22FNO. The molecule has 0 aliphatic carbocycles. The zero-order chi connectivity index (χ0) is 13.0. The summed E-state index contributed by atoms with van der Waals surface area (Å²) in [6.07, 6.45) is 2.55. The minimum Gasteiger partial charge on any atom is -0.378 e. The maximum absolute atomic E-state index is 13.5. The van der Waals surface area contributed by atoms with Gasteiger partial charge in [-0.1, -0.05) is 24.6 Å². The predicted octanol–water partition coefficient (Wildman–Crippen LogP) is 3.04. The Bertz CT molecular complexity index is 394. The molecule has 2 unspecified atom stereocenters. The van der Waals surface area contributed by atoms with E-state index in [0.29, 0.717) is 18.6 Å². The molecule has 2 rings (SSSR count). The first-order valence-electron chi connectivity index (χ1n) is 6.78. The van der Waals surface area contributed by atoms with Gasteiger partial charge in [-0.2, -0.15) is 0 Å². The van der Waals surface area contributed by atoms with Crippen molar-refractivity contribution in [1.29, 1.82) is 0 Å². The second-order valence-corrected chi connectivity index (χ2v) is 5.09. The fraction of sp³-hybridized carbons (Fsp3) is 0.600. The molecule has 1 aromatic rings. The van der Waals surface area contributed by atoms with Crippen LogP contribution in [0.2, 0.25) is 0 Å². The fourth-order valence-electron chi connectivity index (χ4n) is 2.61. The molecule has 0 radical (unpaired) electrons. The first kappa shape index (κ1) is 13.5. The van der Waals surface area contributed by atoms with Gasteiger partial charge >= 0.3 is 0 Å². The van der Waals surface area contributed by atoms with E-state index in [-0.39, 0.29) is 5.82 Å². The predicted molar refractivity (Wildman–Crippen MR) is 71.0 cm³/mol. The summed E-state index contributed by atoms with van der Waals surface area (Å²) in [6.45, 7) is 6.51. The van der Waals surface area contributed by atoms with E-state index >= 15 is 0 Å². The van der Waals surface area contributed by atoms with E-state index in [2.05, 4.69) is 12.2 Å². The lowest BCUT2D eigenvalue weighted by molar-refractivity contribution is 0.0872. The first-order chi connectivity index (χ1) is 8.70. The third kappa shape index (κ3) is 3.30. The summed E-state index contributed by atoms with van der Waals surface area (Å²) in [5.41, 5.74) is 1.85. The quantitative estimate of drug-likeness (QED) is 0.868. The zero-order valence-electron chi connectivity index (χ0n) is 11.2. The van der Waals surface area contributed by atoms with Crippen LogP contribution in [0.4, 0.5) is 4.39 Å². The second-order valence-electron chi connectivity index (χ2n) is 5.09. The van der Waals surface area contributed by atoms with Crippen molar-refractivity contribution in [2.45, 2.75) is 39.3 Å². The van der Waals surface area contributed by atoms with Crippen molar-refractivity contribution in [3.05, 3.63) is 35.1 Å². The van der Waals surface area contributed by atoms with Crippen LogP contribution in [0.15, 0.2) is 18.2 Å². The molecule has 0 amide bonds. The molecule has 1 aliphatic rings. The van der Waals surface area contributed by atoms with E-state index in [9.17, 15) is 4.39 Å². The molecule has 0 saturated carbocycles. The maximum Gasteiger partial charge on any atom is 0.127 e. The molecule has 2 nitrogen and oxygen atoms in total. The van der Waals surface area contributed by atoms with Gasteiger partial charge in [-0.15, -0.1) is 0 Å². The largest absolute Gasteiger partial charge is 0.378 e. The standard InChI is InChI=1S/C15H22FNO/c1-3-15-12(6-7-18-15)9-17-10-13-8-11(2)4-5-14(13)16/h4-5,8,12,15,17H,3,6-7,9-10H2,1-2H3. The van der Waals surface area contributed by atoms with Crippen LogP contribution in [0.3, 0.4) is 0 Å². The summed E-state index contributed by atoms with van der Waals surface area (Å²) in [7, 11) is 0. The Balaban J connectivity index is 1.83. The molecule has 1 heterocycles. The highest BCUT2D eigenvalue weighted by Gasteiger charge is 2.25. The normalized spacial score (nSPS) is 23.5. The van der Waals surface area contributed by atoms with E-state index in [1.165, 1.54) is 0 Å². The summed E-state index contributed by atoms with van der Waals surface area (Å²) in [5.74, 6) is 0.450. The van der Waals surface area contributed by atoms with Crippen LogP contribution >= 0.6 is 0 Å². The third-order valence-corrected chi connectivity index (χ3v) is 3.67. The molecule has 3 heteroatoms. The molecule has 1 aromatic carbocycles. The van der Waals surface area contributed by atoms with Gasteiger partial charge in [0.15, 0.2) is 0 Å². The molecule has 1 fully saturated rings. The molecule has 2 atom stereocenters. The number of ether oxygens (including phenoxy) is 1. The van der Waals surface area contributed by atoms with Gasteiger partial charge in [0.1, 0.15) is 5.82 Å². The van der Waals surface area contributed by atoms with Crippen molar-refractivity contribution in [2.75, 3.05) is 13.2 Å². The van der Waals surface area contributed by atoms with Crippen molar-refractivity contribution < 1.29 is 9.13 Å². The van der Waals surface area contributed by atoms with Crippen molar-refractivity contribution in [1.82, 2.24) is 5.32 Å². The van der Waals surface area contributed by atoms with Gasteiger partial charge < -0.3 is 10.1 Å². The van der Waals surface area contributed by atoms with E-state index in [4.69, 9.17) is 4.74 Å². The molecule has 0 spiro atoms. The summed E-state index contributed by atoms with van der Waals surface area (Å²) in [4.78, 5) is 0. The molecule has 1 saturated heterocycles. The number of rotatable bonds is 5. The average molecular weight is 251 g/mol. The topological polar surface area (TPSA) is 21.3 Å². The van der Waals surface area contributed by atoms with Crippen LogP contribution < -0.4 is 5.32 Å². The minimum atomic E-state index is -0.122.